The van der Waals surface area contributed by atoms with Gasteiger partial charge in [0.15, 0.2) is 17.2 Å². The number of carbonyl (C=O) groups excluding carboxylic acids is 1. The molecule has 0 saturated heterocycles. The van der Waals surface area contributed by atoms with Crippen molar-refractivity contribution in [1.29, 1.82) is 0 Å². The van der Waals surface area contributed by atoms with E-state index in [1.165, 1.54) is 13.3 Å². The third-order valence-corrected chi connectivity index (χ3v) is 5.05. The van der Waals surface area contributed by atoms with E-state index in [4.69, 9.17) is 26.8 Å². The van der Waals surface area contributed by atoms with E-state index in [0.717, 1.165) is 10.2 Å². The van der Waals surface area contributed by atoms with Gasteiger partial charge in [-0.25, -0.2) is 10.1 Å². The van der Waals surface area contributed by atoms with Crippen LogP contribution in [0.2, 0.25) is 5.02 Å². The van der Waals surface area contributed by atoms with Crippen LogP contribution in [-0.4, -0.2) is 44.5 Å². The first-order chi connectivity index (χ1) is 16.5. The van der Waals surface area contributed by atoms with E-state index < -0.39 is 5.91 Å². The second-order valence-corrected chi connectivity index (χ2v) is 7.27. The summed E-state index contributed by atoms with van der Waals surface area (Å²) in [5.74, 6) is 0.334. The van der Waals surface area contributed by atoms with Crippen LogP contribution in [0, 0.1) is 6.92 Å². The molecule has 0 atom stereocenters. The molecule has 4 aromatic rings. The Balaban J connectivity index is 1.54. The SMILES string of the molecule is COc1cccc(C=NNC(=O)c2c(C)nnn2-c2nonc2N)c1OCc1ccccc1Cl. The number of aryl methyl sites for hydroxylation is 1. The average molecular weight is 483 g/mol. The second kappa shape index (κ2) is 10.0. The first-order valence-corrected chi connectivity index (χ1v) is 10.2. The third kappa shape index (κ3) is 4.66. The summed E-state index contributed by atoms with van der Waals surface area (Å²) in [7, 11) is 1.53. The summed E-state index contributed by atoms with van der Waals surface area (Å²) >= 11 is 6.22. The molecular weight excluding hydrogens is 464 g/mol. The monoisotopic (exact) mass is 482 g/mol. The van der Waals surface area contributed by atoms with E-state index >= 15 is 0 Å². The van der Waals surface area contributed by atoms with Gasteiger partial charge in [-0.2, -0.15) is 9.78 Å². The van der Waals surface area contributed by atoms with Gasteiger partial charge < -0.3 is 15.2 Å². The number of nitrogens with zero attached hydrogens (tertiary/aromatic N) is 6. The maximum Gasteiger partial charge on any atom is 0.292 e. The number of nitrogens with two attached hydrogens (primary N) is 1. The molecule has 4 rings (SSSR count). The first-order valence-electron chi connectivity index (χ1n) is 9.87. The number of ether oxygens (including phenoxy) is 2. The summed E-state index contributed by atoms with van der Waals surface area (Å²) in [6, 6.07) is 12.6. The molecule has 2 aromatic carbocycles. The quantitative estimate of drug-likeness (QED) is 0.284. The number of hydrogen-bond donors (Lipinski definition) is 2. The molecule has 13 heteroatoms. The first kappa shape index (κ1) is 22.7. The number of amides is 1. The lowest BCUT2D eigenvalue weighted by atomic mass is 10.2. The molecule has 0 aliphatic heterocycles. The van der Waals surface area contributed by atoms with Crippen LogP contribution in [0.4, 0.5) is 5.82 Å². The maximum atomic E-state index is 12.8. The highest BCUT2D eigenvalue weighted by molar-refractivity contribution is 6.31. The maximum absolute atomic E-state index is 12.8. The predicted molar refractivity (Wildman–Crippen MR) is 122 cm³/mol. The van der Waals surface area contributed by atoms with Gasteiger partial charge in [0.05, 0.1) is 19.0 Å². The number of nitrogen functional groups attached to an aromatic ring is 1. The molecule has 0 bridgehead atoms. The van der Waals surface area contributed by atoms with Crippen LogP contribution in [0.25, 0.3) is 5.82 Å². The van der Waals surface area contributed by atoms with Crippen LogP contribution < -0.4 is 20.6 Å². The molecule has 2 heterocycles. The van der Waals surface area contributed by atoms with Crippen molar-refractivity contribution < 1.29 is 18.9 Å². The van der Waals surface area contributed by atoms with Crippen molar-refractivity contribution in [2.75, 3.05) is 12.8 Å². The molecule has 2 aromatic heterocycles. The number of aromatic nitrogens is 5. The molecule has 1 amide bonds. The predicted octanol–water partition coefficient (Wildman–Crippen LogP) is 2.55. The molecule has 34 heavy (non-hydrogen) atoms. The van der Waals surface area contributed by atoms with Crippen LogP contribution in [0.1, 0.15) is 27.3 Å². The van der Waals surface area contributed by atoms with Gasteiger partial charge in [0, 0.05) is 16.1 Å². The fraction of sp³-hybridized carbons (Fsp3) is 0.143. The summed E-state index contributed by atoms with van der Waals surface area (Å²) in [6.45, 7) is 1.82. The summed E-state index contributed by atoms with van der Waals surface area (Å²) in [5.41, 5.74) is 9.92. The zero-order chi connectivity index (χ0) is 24.1. The van der Waals surface area contributed by atoms with E-state index in [1.54, 1.807) is 31.2 Å². The lowest BCUT2D eigenvalue weighted by Gasteiger charge is -2.13. The highest BCUT2D eigenvalue weighted by Gasteiger charge is 2.22. The summed E-state index contributed by atoms with van der Waals surface area (Å²) in [4.78, 5) is 12.8. The lowest BCUT2D eigenvalue weighted by molar-refractivity contribution is 0.0946. The van der Waals surface area contributed by atoms with Crippen molar-refractivity contribution in [2.45, 2.75) is 13.5 Å². The molecule has 3 N–H and O–H groups in total. The number of nitrogens with one attached hydrogen (secondary N) is 1. The minimum atomic E-state index is -0.595. The van der Waals surface area contributed by atoms with Crippen LogP contribution in [0.3, 0.4) is 0 Å². The van der Waals surface area contributed by atoms with Gasteiger partial charge >= 0.3 is 0 Å². The standard InChI is InChI=1S/C21H19ClN8O4/c1-12-17(30(29-25-12)20-19(23)27-34-28-20)21(31)26-24-10-13-7-5-9-16(32-2)18(13)33-11-14-6-3-4-8-15(14)22/h3-10H,11H2,1-2H3,(H2,23,27)(H,26,31). The van der Waals surface area contributed by atoms with Gasteiger partial charge in [-0.05, 0) is 35.4 Å². The second-order valence-electron chi connectivity index (χ2n) is 6.87. The van der Waals surface area contributed by atoms with Gasteiger partial charge in [-0.3, -0.25) is 4.79 Å². The molecule has 174 valence electrons. The summed E-state index contributed by atoms with van der Waals surface area (Å²) in [6.07, 6.45) is 1.43. The Morgan fingerprint density at radius 1 is 1.26 bits per heavy atom. The highest BCUT2D eigenvalue weighted by atomic mass is 35.5. The highest BCUT2D eigenvalue weighted by Crippen LogP contribution is 2.31. The Bertz CT molecular complexity index is 1350. The third-order valence-electron chi connectivity index (χ3n) is 4.68. The number of benzene rings is 2. The number of methoxy groups -OCH3 is 1. The molecule has 12 nitrogen and oxygen atoms in total. The minimum absolute atomic E-state index is 0.0396. The number of para-hydroxylation sites is 1. The molecule has 0 spiro atoms. The summed E-state index contributed by atoms with van der Waals surface area (Å²) in [5, 5.41) is 19.5. The number of hydrogen-bond acceptors (Lipinski definition) is 10. The number of hydrazone groups is 1. The summed E-state index contributed by atoms with van der Waals surface area (Å²) < 4.78 is 17.1. The molecular formula is C21H19ClN8O4. The van der Waals surface area contributed by atoms with E-state index in [9.17, 15) is 4.79 Å². The van der Waals surface area contributed by atoms with Crippen molar-refractivity contribution in [3.8, 4) is 17.3 Å². The molecule has 0 radical (unpaired) electrons. The Kier molecular flexibility index (Phi) is 6.69. The van der Waals surface area contributed by atoms with Crippen LogP contribution in [0.15, 0.2) is 52.2 Å². The van der Waals surface area contributed by atoms with Crippen molar-refractivity contribution in [1.82, 2.24) is 30.7 Å². The van der Waals surface area contributed by atoms with Crippen LogP contribution >= 0.6 is 11.6 Å². The van der Waals surface area contributed by atoms with E-state index in [-0.39, 0.29) is 23.9 Å². The van der Waals surface area contributed by atoms with Gasteiger partial charge in [0.25, 0.3) is 5.91 Å². The Labute approximate surface area is 198 Å². The number of carbonyl (C=O) groups is 1. The van der Waals surface area contributed by atoms with Crippen LogP contribution in [-0.2, 0) is 6.61 Å². The van der Waals surface area contributed by atoms with Gasteiger partial charge in [-0.1, -0.05) is 41.1 Å². The number of rotatable bonds is 8. The fourth-order valence-corrected chi connectivity index (χ4v) is 3.22. The van der Waals surface area contributed by atoms with Crippen molar-refractivity contribution in [3.05, 3.63) is 70.0 Å². The normalized spacial score (nSPS) is 11.0. The zero-order valence-electron chi connectivity index (χ0n) is 18.1. The van der Waals surface area contributed by atoms with E-state index in [0.29, 0.717) is 27.8 Å². The van der Waals surface area contributed by atoms with Crippen molar-refractivity contribution >= 4 is 29.5 Å². The van der Waals surface area contributed by atoms with E-state index in [1.807, 2.05) is 18.2 Å². The Morgan fingerprint density at radius 2 is 2.09 bits per heavy atom. The van der Waals surface area contributed by atoms with Crippen LogP contribution in [0.5, 0.6) is 11.5 Å². The molecule has 0 saturated carbocycles. The Morgan fingerprint density at radius 3 is 2.82 bits per heavy atom. The lowest BCUT2D eigenvalue weighted by Crippen LogP contribution is -2.23. The molecule has 0 fully saturated rings. The topological polar surface area (TPSA) is 156 Å². The largest absolute Gasteiger partial charge is 0.493 e. The Hall–Kier alpha value is -4.45. The van der Waals surface area contributed by atoms with Crippen molar-refractivity contribution in [3.63, 3.8) is 0 Å². The average Bonchev–Trinajstić information content (AvgIpc) is 3.43. The fourth-order valence-electron chi connectivity index (χ4n) is 3.03. The molecule has 0 unspecified atom stereocenters. The van der Waals surface area contributed by atoms with Gasteiger partial charge in [-0.15, -0.1) is 5.10 Å². The molecule has 0 aliphatic rings. The van der Waals surface area contributed by atoms with Gasteiger partial charge in [0.2, 0.25) is 11.6 Å². The molecule has 0 aliphatic carbocycles. The number of anilines is 1. The van der Waals surface area contributed by atoms with Gasteiger partial charge in [0.1, 0.15) is 6.61 Å². The smallest absolute Gasteiger partial charge is 0.292 e. The van der Waals surface area contributed by atoms with Crippen molar-refractivity contribution in [2.24, 2.45) is 5.10 Å². The van der Waals surface area contributed by atoms with E-state index in [2.05, 4.69) is 35.8 Å². The zero-order valence-corrected chi connectivity index (χ0v) is 18.9. The number of halogens is 1. The minimum Gasteiger partial charge on any atom is -0.493 e.